The Hall–Kier alpha value is -0.130. The highest BCUT2D eigenvalue weighted by atomic mass is 32.2. The Balaban J connectivity index is 3.45. The zero-order valence-electron chi connectivity index (χ0n) is 7.71. The normalized spacial score (nSPS) is 14.6. The van der Waals surface area contributed by atoms with E-state index in [1.807, 2.05) is 6.92 Å². The number of hydrogen-bond donors (Lipinski definition) is 2. The van der Waals surface area contributed by atoms with Crippen molar-refractivity contribution in [3.63, 3.8) is 0 Å². The third-order valence-corrected chi connectivity index (χ3v) is 2.94. The molecule has 12 heavy (non-hydrogen) atoms. The van der Waals surface area contributed by atoms with Gasteiger partial charge in [0.15, 0.2) is 0 Å². The van der Waals surface area contributed by atoms with E-state index in [9.17, 15) is 8.42 Å². The number of nitrogens with two attached hydrogens (primary N) is 1. The molecule has 0 aromatic rings. The molecule has 0 fully saturated rings. The molecular weight excluding hydrogens is 176 g/mol. The summed E-state index contributed by atoms with van der Waals surface area (Å²) < 4.78 is 24.3. The SMILES string of the molecule is CCS(=O)(=O)NCCCC(C)N. The highest BCUT2D eigenvalue weighted by Crippen LogP contribution is 1.92. The van der Waals surface area contributed by atoms with Crippen molar-refractivity contribution in [1.82, 2.24) is 4.72 Å². The summed E-state index contributed by atoms with van der Waals surface area (Å²) in [5.74, 6) is 0.144. The van der Waals surface area contributed by atoms with Gasteiger partial charge in [-0.2, -0.15) is 0 Å². The molecular formula is C7H18N2O2S. The van der Waals surface area contributed by atoms with Gasteiger partial charge in [-0.15, -0.1) is 0 Å². The third-order valence-electron chi connectivity index (χ3n) is 1.54. The largest absolute Gasteiger partial charge is 0.328 e. The molecule has 0 bridgehead atoms. The van der Waals surface area contributed by atoms with Crippen molar-refractivity contribution in [1.29, 1.82) is 0 Å². The maximum atomic E-state index is 10.9. The van der Waals surface area contributed by atoms with Crippen molar-refractivity contribution in [3.05, 3.63) is 0 Å². The first-order valence-corrected chi connectivity index (χ1v) is 5.86. The minimum absolute atomic E-state index is 0.144. The van der Waals surface area contributed by atoms with Crippen LogP contribution in [0.4, 0.5) is 0 Å². The van der Waals surface area contributed by atoms with Crippen molar-refractivity contribution in [2.45, 2.75) is 32.7 Å². The van der Waals surface area contributed by atoms with Gasteiger partial charge in [-0.25, -0.2) is 13.1 Å². The summed E-state index contributed by atoms with van der Waals surface area (Å²) in [5.41, 5.74) is 5.50. The van der Waals surface area contributed by atoms with E-state index in [-0.39, 0.29) is 11.8 Å². The van der Waals surface area contributed by atoms with Crippen LogP contribution in [0.5, 0.6) is 0 Å². The second kappa shape index (κ2) is 5.50. The molecule has 1 unspecified atom stereocenters. The highest BCUT2D eigenvalue weighted by Gasteiger charge is 2.04. The van der Waals surface area contributed by atoms with E-state index >= 15 is 0 Å². The monoisotopic (exact) mass is 194 g/mol. The lowest BCUT2D eigenvalue weighted by Crippen LogP contribution is -2.27. The number of rotatable bonds is 6. The Labute approximate surface area is 74.6 Å². The second-order valence-corrected chi connectivity index (χ2v) is 5.01. The van der Waals surface area contributed by atoms with Gasteiger partial charge in [0.05, 0.1) is 5.75 Å². The van der Waals surface area contributed by atoms with Crippen LogP contribution in [-0.2, 0) is 10.0 Å². The third kappa shape index (κ3) is 6.57. The van der Waals surface area contributed by atoms with Gasteiger partial charge in [0.1, 0.15) is 0 Å². The average Bonchev–Trinajstić information content (AvgIpc) is 1.98. The summed E-state index contributed by atoms with van der Waals surface area (Å²) in [4.78, 5) is 0. The summed E-state index contributed by atoms with van der Waals surface area (Å²) in [6.45, 7) is 4.03. The molecule has 4 nitrogen and oxygen atoms in total. The molecule has 0 aliphatic rings. The Morgan fingerprint density at radius 1 is 1.50 bits per heavy atom. The molecule has 0 aliphatic heterocycles. The minimum Gasteiger partial charge on any atom is -0.328 e. The standard InChI is InChI=1S/C7H18N2O2S/c1-3-12(10,11)9-6-4-5-7(2)8/h7,9H,3-6,8H2,1-2H3. The number of nitrogens with one attached hydrogen (secondary N) is 1. The molecule has 0 rings (SSSR count). The van der Waals surface area contributed by atoms with Crippen LogP contribution in [0.25, 0.3) is 0 Å². The molecule has 0 radical (unpaired) electrons. The van der Waals surface area contributed by atoms with Crippen molar-refractivity contribution < 1.29 is 8.42 Å². The maximum absolute atomic E-state index is 10.9. The molecule has 0 saturated heterocycles. The van der Waals surface area contributed by atoms with Gasteiger partial charge >= 0.3 is 0 Å². The Bertz CT molecular complexity index is 199. The van der Waals surface area contributed by atoms with Gasteiger partial charge in [0, 0.05) is 12.6 Å². The van der Waals surface area contributed by atoms with E-state index in [4.69, 9.17) is 5.73 Å². The lowest BCUT2D eigenvalue weighted by Gasteiger charge is -2.05. The van der Waals surface area contributed by atoms with Gasteiger partial charge in [-0.3, -0.25) is 0 Å². The van der Waals surface area contributed by atoms with Crippen LogP contribution in [0.1, 0.15) is 26.7 Å². The Morgan fingerprint density at radius 3 is 2.50 bits per heavy atom. The van der Waals surface area contributed by atoms with Crippen molar-refractivity contribution >= 4 is 10.0 Å². The van der Waals surface area contributed by atoms with Crippen molar-refractivity contribution in [2.75, 3.05) is 12.3 Å². The summed E-state index contributed by atoms with van der Waals surface area (Å²) in [6.07, 6.45) is 1.66. The van der Waals surface area contributed by atoms with E-state index in [0.29, 0.717) is 6.54 Å². The first-order chi connectivity index (χ1) is 5.48. The van der Waals surface area contributed by atoms with Crippen molar-refractivity contribution in [3.8, 4) is 0 Å². The zero-order valence-corrected chi connectivity index (χ0v) is 8.52. The van der Waals surface area contributed by atoms with Gasteiger partial charge < -0.3 is 5.73 Å². The molecule has 0 saturated carbocycles. The fraction of sp³-hybridized carbons (Fsp3) is 1.00. The van der Waals surface area contributed by atoms with Gasteiger partial charge in [-0.1, -0.05) is 0 Å². The van der Waals surface area contributed by atoms with Crippen LogP contribution in [0.15, 0.2) is 0 Å². The van der Waals surface area contributed by atoms with E-state index in [2.05, 4.69) is 4.72 Å². The smallest absolute Gasteiger partial charge is 0.211 e. The molecule has 3 N–H and O–H groups in total. The molecule has 1 atom stereocenters. The maximum Gasteiger partial charge on any atom is 0.211 e. The summed E-state index contributed by atoms with van der Waals surface area (Å²) >= 11 is 0. The summed E-state index contributed by atoms with van der Waals surface area (Å²) in [6, 6.07) is 0.149. The van der Waals surface area contributed by atoms with Crippen LogP contribution in [0.2, 0.25) is 0 Å². The number of hydrogen-bond acceptors (Lipinski definition) is 3. The minimum atomic E-state index is -3.01. The van der Waals surface area contributed by atoms with E-state index in [1.54, 1.807) is 6.92 Å². The Morgan fingerprint density at radius 2 is 2.08 bits per heavy atom. The first kappa shape index (κ1) is 11.9. The van der Waals surface area contributed by atoms with Gasteiger partial charge in [0.2, 0.25) is 10.0 Å². The molecule has 0 spiro atoms. The number of sulfonamides is 1. The van der Waals surface area contributed by atoms with Crippen LogP contribution >= 0.6 is 0 Å². The molecule has 0 aliphatic carbocycles. The predicted molar refractivity (Wildman–Crippen MR) is 50.3 cm³/mol. The van der Waals surface area contributed by atoms with Crippen LogP contribution in [0.3, 0.4) is 0 Å². The lowest BCUT2D eigenvalue weighted by atomic mass is 10.2. The van der Waals surface area contributed by atoms with Crippen LogP contribution in [0, 0.1) is 0 Å². The molecule has 5 heteroatoms. The topological polar surface area (TPSA) is 72.2 Å². The lowest BCUT2D eigenvalue weighted by molar-refractivity contribution is 0.569. The summed E-state index contributed by atoms with van der Waals surface area (Å²) in [7, 11) is -3.01. The van der Waals surface area contributed by atoms with Crippen LogP contribution < -0.4 is 10.5 Å². The molecule has 74 valence electrons. The van der Waals surface area contributed by atoms with E-state index in [1.165, 1.54) is 0 Å². The van der Waals surface area contributed by atoms with E-state index < -0.39 is 10.0 Å². The molecule has 0 aromatic heterocycles. The summed E-state index contributed by atoms with van der Waals surface area (Å²) in [5, 5.41) is 0. The first-order valence-electron chi connectivity index (χ1n) is 4.21. The molecule has 0 heterocycles. The highest BCUT2D eigenvalue weighted by molar-refractivity contribution is 7.89. The van der Waals surface area contributed by atoms with Gasteiger partial charge in [-0.05, 0) is 26.7 Å². The molecule has 0 amide bonds. The van der Waals surface area contributed by atoms with E-state index in [0.717, 1.165) is 12.8 Å². The predicted octanol–water partition coefficient (Wildman–Crippen LogP) is 0.0531. The fourth-order valence-electron chi connectivity index (χ4n) is 0.754. The quantitative estimate of drug-likeness (QED) is 0.587. The van der Waals surface area contributed by atoms with Gasteiger partial charge in [0.25, 0.3) is 0 Å². The fourth-order valence-corrected chi connectivity index (χ4v) is 1.41. The zero-order chi connectivity index (χ0) is 9.61. The average molecular weight is 194 g/mol. The van der Waals surface area contributed by atoms with Crippen molar-refractivity contribution in [2.24, 2.45) is 5.73 Å². The Kier molecular flexibility index (Phi) is 5.44. The van der Waals surface area contributed by atoms with Crippen LogP contribution in [-0.4, -0.2) is 26.8 Å². The molecule has 0 aromatic carbocycles. The second-order valence-electron chi connectivity index (χ2n) is 2.92.